The molecule has 1 atom stereocenters. The second-order valence-electron chi connectivity index (χ2n) is 6.01. The summed E-state index contributed by atoms with van der Waals surface area (Å²) in [5.41, 5.74) is 1.08. The van der Waals surface area contributed by atoms with Crippen molar-refractivity contribution in [2.24, 2.45) is 0 Å². The third-order valence-corrected chi connectivity index (χ3v) is 5.77. The SMILES string of the molecule is C[C@@H](c1ccncn1)N(C)Cc1ccc(C2CCCC2)s1. The number of rotatable bonds is 5. The zero-order chi connectivity index (χ0) is 14.7. The molecule has 1 aliphatic rings. The van der Waals surface area contributed by atoms with Gasteiger partial charge < -0.3 is 0 Å². The fraction of sp³-hybridized carbons (Fsp3) is 0.529. The van der Waals surface area contributed by atoms with Crippen LogP contribution >= 0.6 is 11.3 Å². The molecule has 3 rings (SSSR count). The Kier molecular flexibility index (Phi) is 4.66. The molecule has 112 valence electrons. The van der Waals surface area contributed by atoms with Crippen LogP contribution < -0.4 is 0 Å². The maximum absolute atomic E-state index is 4.36. The molecular weight excluding hydrogens is 278 g/mol. The summed E-state index contributed by atoms with van der Waals surface area (Å²) in [6.45, 7) is 3.19. The fourth-order valence-corrected chi connectivity index (χ4v) is 4.31. The molecule has 0 spiro atoms. The highest BCUT2D eigenvalue weighted by Crippen LogP contribution is 2.38. The second-order valence-corrected chi connectivity index (χ2v) is 7.21. The van der Waals surface area contributed by atoms with Crippen LogP contribution in [0.3, 0.4) is 0 Å². The Labute approximate surface area is 131 Å². The van der Waals surface area contributed by atoms with Crippen LogP contribution in [0, 0.1) is 0 Å². The zero-order valence-electron chi connectivity index (χ0n) is 12.8. The monoisotopic (exact) mass is 301 g/mol. The van der Waals surface area contributed by atoms with E-state index in [-0.39, 0.29) is 0 Å². The smallest absolute Gasteiger partial charge is 0.115 e. The van der Waals surface area contributed by atoms with Gasteiger partial charge in [0.1, 0.15) is 6.33 Å². The molecule has 0 unspecified atom stereocenters. The Bertz CT molecular complexity index is 560. The molecule has 1 saturated carbocycles. The first-order valence-electron chi connectivity index (χ1n) is 7.79. The lowest BCUT2D eigenvalue weighted by atomic mass is 10.1. The molecule has 3 nitrogen and oxygen atoms in total. The first kappa shape index (κ1) is 14.7. The Morgan fingerprint density at radius 3 is 2.81 bits per heavy atom. The second kappa shape index (κ2) is 6.67. The normalized spacial score (nSPS) is 17.5. The van der Waals surface area contributed by atoms with Crippen LogP contribution in [0.15, 0.2) is 30.7 Å². The van der Waals surface area contributed by atoms with Gasteiger partial charge in [0.05, 0.1) is 5.69 Å². The molecule has 2 aromatic heterocycles. The molecule has 0 aromatic carbocycles. The van der Waals surface area contributed by atoms with Gasteiger partial charge in [0.2, 0.25) is 0 Å². The Morgan fingerprint density at radius 2 is 2.10 bits per heavy atom. The summed E-state index contributed by atoms with van der Waals surface area (Å²) >= 11 is 2.00. The van der Waals surface area contributed by atoms with Gasteiger partial charge in [-0.15, -0.1) is 11.3 Å². The predicted molar refractivity (Wildman–Crippen MR) is 87.4 cm³/mol. The highest BCUT2D eigenvalue weighted by molar-refractivity contribution is 7.12. The summed E-state index contributed by atoms with van der Waals surface area (Å²) in [6, 6.07) is 6.96. The lowest BCUT2D eigenvalue weighted by Gasteiger charge is -2.23. The molecule has 4 heteroatoms. The molecule has 0 radical (unpaired) electrons. The quantitative estimate of drug-likeness (QED) is 0.820. The van der Waals surface area contributed by atoms with E-state index in [1.165, 1.54) is 30.6 Å². The van der Waals surface area contributed by atoms with Crippen molar-refractivity contribution in [1.29, 1.82) is 0 Å². The van der Waals surface area contributed by atoms with Crippen molar-refractivity contribution in [3.8, 4) is 0 Å². The average molecular weight is 301 g/mol. The maximum atomic E-state index is 4.36. The minimum absolute atomic E-state index is 0.310. The van der Waals surface area contributed by atoms with Crippen molar-refractivity contribution in [3.05, 3.63) is 46.2 Å². The van der Waals surface area contributed by atoms with Gasteiger partial charge in [-0.05, 0) is 50.9 Å². The van der Waals surface area contributed by atoms with Crippen molar-refractivity contribution in [2.75, 3.05) is 7.05 Å². The van der Waals surface area contributed by atoms with E-state index in [2.05, 4.69) is 41.0 Å². The molecule has 2 aromatic rings. The van der Waals surface area contributed by atoms with E-state index >= 15 is 0 Å². The highest BCUT2D eigenvalue weighted by Gasteiger charge is 2.19. The molecule has 21 heavy (non-hydrogen) atoms. The first-order valence-corrected chi connectivity index (χ1v) is 8.60. The van der Waals surface area contributed by atoms with Crippen molar-refractivity contribution in [3.63, 3.8) is 0 Å². The molecule has 0 aliphatic heterocycles. The van der Waals surface area contributed by atoms with Crippen molar-refractivity contribution >= 4 is 11.3 Å². The van der Waals surface area contributed by atoms with E-state index in [1.807, 2.05) is 23.6 Å². The van der Waals surface area contributed by atoms with Crippen LogP contribution in [-0.2, 0) is 6.54 Å². The standard InChI is InChI=1S/C17H23N3S/c1-13(16-9-10-18-12-19-16)20(2)11-15-7-8-17(21-15)14-5-3-4-6-14/h7-10,12-14H,3-6,11H2,1-2H3/t13-/m0/s1. The highest BCUT2D eigenvalue weighted by atomic mass is 32.1. The van der Waals surface area contributed by atoms with Crippen molar-refractivity contribution < 1.29 is 0 Å². The molecule has 2 heterocycles. The number of hydrogen-bond acceptors (Lipinski definition) is 4. The summed E-state index contributed by atoms with van der Waals surface area (Å²) in [4.78, 5) is 13.8. The molecule has 0 bridgehead atoms. The summed E-state index contributed by atoms with van der Waals surface area (Å²) in [7, 11) is 2.17. The Balaban J connectivity index is 1.63. The first-order chi connectivity index (χ1) is 10.2. The van der Waals surface area contributed by atoms with E-state index in [4.69, 9.17) is 0 Å². The van der Waals surface area contributed by atoms with Gasteiger partial charge in [-0.3, -0.25) is 4.90 Å². The third kappa shape index (κ3) is 3.50. The number of thiophene rings is 1. The van der Waals surface area contributed by atoms with Crippen LogP contribution in [0.4, 0.5) is 0 Å². The van der Waals surface area contributed by atoms with Crippen LogP contribution in [0.2, 0.25) is 0 Å². The fourth-order valence-electron chi connectivity index (χ4n) is 3.07. The maximum Gasteiger partial charge on any atom is 0.115 e. The van der Waals surface area contributed by atoms with Gasteiger partial charge in [0.25, 0.3) is 0 Å². The van der Waals surface area contributed by atoms with E-state index in [0.717, 1.165) is 18.2 Å². The van der Waals surface area contributed by atoms with E-state index in [9.17, 15) is 0 Å². The number of aromatic nitrogens is 2. The summed E-state index contributed by atoms with van der Waals surface area (Å²) in [5, 5.41) is 0. The van der Waals surface area contributed by atoms with Gasteiger partial charge in [-0.25, -0.2) is 9.97 Å². The van der Waals surface area contributed by atoms with Gasteiger partial charge in [-0.1, -0.05) is 12.8 Å². The van der Waals surface area contributed by atoms with Gasteiger partial charge in [0, 0.05) is 28.5 Å². The van der Waals surface area contributed by atoms with Gasteiger partial charge >= 0.3 is 0 Å². The van der Waals surface area contributed by atoms with E-state index < -0.39 is 0 Å². The lowest BCUT2D eigenvalue weighted by molar-refractivity contribution is 0.250. The zero-order valence-corrected chi connectivity index (χ0v) is 13.6. The van der Waals surface area contributed by atoms with Crippen LogP contribution in [-0.4, -0.2) is 21.9 Å². The topological polar surface area (TPSA) is 29.0 Å². The largest absolute Gasteiger partial charge is 0.293 e. The van der Waals surface area contributed by atoms with Crippen LogP contribution in [0.1, 0.15) is 60.0 Å². The number of hydrogen-bond donors (Lipinski definition) is 0. The average Bonchev–Trinajstić information content (AvgIpc) is 3.18. The summed E-state index contributed by atoms with van der Waals surface area (Å²) < 4.78 is 0. The summed E-state index contributed by atoms with van der Waals surface area (Å²) in [5.74, 6) is 0.827. The van der Waals surface area contributed by atoms with Crippen molar-refractivity contribution in [1.82, 2.24) is 14.9 Å². The summed E-state index contributed by atoms with van der Waals surface area (Å²) in [6.07, 6.45) is 9.02. The number of nitrogens with zero attached hydrogens (tertiary/aromatic N) is 3. The van der Waals surface area contributed by atoms with Gasteiger partial charge in [0.15, 0.2) is 0 Å². The molecule has 0 saturated heterocycles. The van der Waals surface area contributed by atoms with Crippen LogP contribution in [0.25, 0.3) is 0 Å². The van der Waals surface area contributed by atoms with E-state index in [0.29, 0.717) is 6.04 Å². The lowest BCUT2D eigenvalue weighted by Crippen LogP contribution is -2.22. The van der Waals surface area contributed by atoms with Gasteiger partial charge in [-0.2, -0.15) is 0 Å². The minimum Gasteiger partial charge on any atom is -0.293 e. The molecule has 0 N–H and O–H groups in total. The molecule has 1 fully saturated rings. The molecule has 0 amide bonds. The predicted octanol–water partition coefficient (Wildman–Crippen LogP) is 4.39. The Morgan fingerprint density at radius 1 is 1.29 bits per heavy atom. The molecule has 1 aliphatic carbocycles. The minimum atomic E-state index is 0.310. The third-order valence-electron chi connectivity index (χ3n) is 4.54. The molecular formula is C17H23N3S. The van der Waals surface area contributed by atoms with E-state index in [1.54, 1.807) is 11.2 Å². The van der Waals surface area contributed by atoms with Crippen LogP contribution in [0.5, 0.6) is 0 Å². The Hall–Kier alpha value is -1.26. The van der Waals surface area contributed by atoms with Crippen molar-refractivity contribution in [2.45, 2.75) is 51.1 Å².